The SMILES string of the molecule is COc1c(CN2CCCC[C@H]2C(=O)N[C@H]2C[C@H]3C[C@@H]([C@@H]2C)C3(C)C)cccc1-c1cc(C(=O)N[C@H]2Cc3ccccc3N(C)C2)cc(N(C)C)c1. The van der Waals surface area contributed by atoms with Gasteiger partial charge in [0, 0.05) is 68.3 Å². The van der Waals surface area contributed by atoms with Gasteiger partial charge in [-0.2, -0.15) is 0 Å². The van der Waals surface area contributed by atoms with Crippen LogP contribution >= 0.6 is 0 Å². The molecule has 3 aromatic rings. The fourth-order valence-electron chi connectivity index (χ4n) is 9.83. The molecule has 2 N–H and O–H groups in total. The van der Waals surface area contributed by atoms with Crippen LogP contribution in [-0.2, 0) is 17.8 Å². The van der Waals surface area contributed by atoms with Gasteiger partial charge in [0.05, 0.1) is 19.2 Å². The number of amides is 2. The van der Waals surface area contributed by atoms with E-state index >= 15 is 0 Å². The first-order valence-electron chi connectivity index (χ1n) is 19.1. The first kappa shape index (κ1) is 35.4. The molecule has 8 nitrogen and oxygen atoms in total. The molecule has 2 heterocycles. The Balaban J connectivity index is 1.10. The van der Waals surface area contributed by atoms with Crippen molar-refractivity contribution in [3.8, 4) is 16.9 Å². The molecule has 0 radical (unpaired) electrons. The average Bonchev–Trinajstić information content (AvgIpc) is 3.12. The standard InChI is InChI=1S/C43H57N5O3/c1-27-36-23-32(43(36,2)3)24-37(27)45-42(50)39-17-10-11-18-48(39)25-29-14-12-15-35(40(29)51-7)30-19-31(22-34(21-30)46(4)5)41(49)44-33-20-28-13-8-9-16-38(28)47(6)26-33/h8-9,12-16,19,21-22,27,32-33,36-37,39H,10-11,17-18,20,23-26H2,1-7H3,(H,44,49)(H,45,50)/t27-,32+,33-,36-,37-,39-/m0/s1. The molecule has 5 aliphatic rings. The van der Waals surface area contributed by atoms with E-state index < -0.39 is 0 Å². The minimum Gasteiger partial charge on any atom is -0.496 e. The molecule has 8 rings (SSSR count). The van der Waals surface area contributed by atoms with Crippen molar-refractivity contribution >= 4 is 23.2 Å². The molecule has 8 heteroatoms. The Kier molecular flexibility index (Phi) is 9.83. The molecule has 0 spiro atoms. The Labute approximate surface area is 304 Å². The Bertz CT molecular complexity index is 1770. The van der Waals surface area contributed by atoms with Gasteiger partial charge in [-0.3, -0.25) is 14.5 Å². The first-order valence-corrected chi connectivity index (χ1v) is 19.1. The number of para-hydroxylation sites is 2. The minimum absolute atomic E-state index is 0.00951. The maximum absolute atomic E-state index is 13.9. The lowest BCUT2D eigenvalue weighted by atomic mass is 9.45. The van der Waals surface area contributed by atoms with E-state index in [1.807, 2.05) is 31.1 Å². The number of anilines is 2. The van der Waals surface area contributed by atoms with Crippen LogP contribution < -0.4 is 25.2 Å². The van der Waals surface area contributed by atoms with Gasteiger partial charge in [0.2, 0.25) is 5.91 Å². The summed E-state index contributed by atoms with van der Waals surface area (Å²) in [7, 11) is 7.81. The number of likely N-dealkylation sites (tertiary alicyclic amines) is 1. The van der Waals surface area contributed by atoms with Gasteiger partial charge in [0.25, 0.3) is 5.91 Å². The third kappa shape index (κ3) is 6.84. The third-order valence-electron chi connectivity index (χ3n) is 13.0. The van der Waals surface area contributed by atoms with Crippen LogP contribution in [0.1, 0.15) is 74.4 Å². The van der Waals surface area contributed by atoms with Crippen LogP contribution in [0.2, 0.25) is 0 Å². The summed E-state index contributed by atoms with van der Waals surface area (Å²) in [5.74, 6) is 2.81. The first-order chi connectivity index (χ1) is 24.4. The molecule has 0 aromatic heterocycles. The van der Waals surface area contributed by atoms with Crippen LogP contribution in [0.25, 0.3) is 11.1 Å². The van der Waals surface area contributed by atoms with Crippen molar-refractivity contribution in [2.75, 3.05) is 51.1 Å². The van der Waals surface area contributed by atoms with Crippen molar-refractivity contribution in [2.24, 2.45) is 23.2 Å². The zero-order chi connectivity index (χ0) is 36.0. The number of carbonyl (C=O) groups is 2. The predicted molar refractivity (Wildman–Crippen MR) is 207 cm³/mol. The molecule has 6 atom stereocenters. The molecule has 2 bridgehead atoms. The van der Waals surface area contributed by atoms with Crippen molar-refractivity contribution in [3.63, 3.8) is 0 Å². The highest BCUT2D eigenvalue weighted by Gasteiger charge is 2.56. The number of piperidine rings is 1. The second-order valence-corrected chi connectivity index (χ2v) is 16.6. The summed E-state index contributed by atoms with van der Waals surface area (Å²) in [6.45, 7) is 9.43. The van der Waals surface area contributed by atoms with E-state index in [1.165, 1.54) is 17.7 Å². The Morgan fingerprint density at radius 1 is 1.00 bits per heavy atom. The molecule has 2 amide bonds. The fourth-order valence-corrected chi connectivity index (χ4v) is 9.83. The molecule has 2 aliphatic heterocycles. The summed E-state index contributed by atoms with van der Waals surface area (Å²) in [4.78, 5) is 34.4. The largest absolute Gasteiger partial charge is 0.496 e. The van der Waals surface area contributed by atoms with Gasteiger partial charge >= 0.3 is 0 Å². The number of hydrogen-bond acceptors (Lipinski definition) is 6. The molecule has 51 heavy (non-hydrogen) atoms. The number of ether oxygens (including phenoxy) is 1. The van der Waals surface area contributed by atoms with E-state index in [0.717, 1.165) is 73.3 Å². The molecule has 1 saturated heterocycles. The molecular weight excluding hydrogens is 635 g/mol. The van der Waals surface area contributed by atoms with E-state index in [4.69, 9.17) is 4.74 Å². The van der Waals surface area contributed by atoms with Gasteiger partial charge in [-0.1, -0.05) is 63.6 Å². The summed E-state index contributed by atoms with van der Waals surface area (Å²) < 4.78 is 6.16. The van der Waals surface area contributed by atoms with Gasteiger partial charge in [-0.25, -0.2) is 0 Å². The number of rotatable bonds is 9. The topological polar surface area (TPSA) is 77.1 Å². The van der Waals surface area contributed by atoms with E-state index in [9.17, 15) is 9.59 Å². The van der Waals surface area contributed by atoms with Gasteiger partial charge in [-0.15, -0.1) is 0 Å². The molecule has 4 fully saturated rings. The summed E-state index contributed by atoms with van der Waals surface area (Å²) in [5, 5.41) is 6.86. The van der Waals surface area contributed by atoms with Gasteiger partial charge < -0.3 is 25.2 Å². The van der Waals surface area contributed by atoms with Crippen LogP contribution in [0.4, 0.5) is 11.4 Å². The molecule has 0 unspecified atom stereocenters. The molecule has 3 aliphatic carbocycles. The summed E-state index contributed by atoms with van der Waals surface area (Å²) in [6, 6.07) is 20.9. The smallest absolute Gasteiger partial charge is 0.251 e. The summed E-state index contributed by atoms with van der Waals surface area (Å²) in [6.07, 6.45) is 6.22. The monoisotopic (exact) mass is 691 g/mol. The molecule has 3 saturated carbocycles. The van der Waals surface area contributed by atoms with Crippen LogP contribution in [0.5, 0.6) is 5.75 Å². The number of hydrogen-bond donors (Lipinski definition) is 2. The fraction of sp³-hybridized carbons (Fsp3) is 0.535. The second-order valence-electron chi connectivity index (χ2n) is 16.6. The average molecular weight is 692 g/mol. The van der Waals surface area contributed by atoms with Gasteiger partial charge in [0.15, 0.2) is 0 Å². The molecule has 272 valence electrons. The normalized spacial score (nSPS) is 26.8. The van der Waals surface area contributed by atoms with Crippen LogP contribution in [0.3, 0.4) is 0 Å². The van der Waals surface area contributed by atoms with E-state index in [0.29, 0.717) is 35.3 Å². The Morgan fingerprint density at radius 2 is 1.80 bits per heavy atom. The maximum atomic E-state index is 13.9. The summed E-state index contributed by atoms with van der Waals surface area (Å²) >= 11 is 0. The number of benzene rings is 3. The summed E-state index contributed by atoms with van der Waals surface area (Å²) in [5.41, 5.74) is 7.36. The second kappa shape index (κ2) is 14.2. The van der Waals surface area contributed by atoms with Crippen LogP contribution in [0, 0.1) is 23.2 Å². The number of fused-ring (bicyclic) bond motifs is 3. The highest BCUT2D eigenvalue weighted by molar-refractivity contribution is 5.97. The maximum Gasteiger partial charge on any atom is 0.251 e. The quantitative estimate of drug-likeness (QED) is 0.258. The molecular formula is C43H57N5O3. The number of nitrogens with one attached hydrogen (secondary N) is 2. The lowest BCUT2D eigenvalue weighted by Crippen LogP contribution is -2.62. The zero-order valence-electron chi connectivity index (χ0n) is 31.7. The van der Waals surface area contributed by atoms with E-state index in [-0.39, 0.29) is 29.9 Å². The van der Waals surface area contributed by atoms with Crippen molar-refractivity contribution in [3.05, 3.63) is 77.4 Å². The van der Waals surface area contributed by atoms with Crippen molar-refractivity contribution in [2.45, 2.75) is 84.0 Å². The van der Waals surface area contributed by atoms with Crippen molar-refractivity contribution in [1.29, 1.82) is 0 Å². The molecule has 3 aromatic carbocycles. The highest BCUT2D eigenvalue weighted by Crippen LogP contribution is 2.61. The third-order valence-corrected chi connectivity index (χ3v) is 13.0. The number of nitrogens with zero attached hydrogens (tertiary/aromatic N) is 3. The van der Waals surface area contributed by atoms with Gasteiger partial charge in [-0.05, 0) is 97.2 Å². The Morgan fingerprint density at radius 3 is 2.55 bits per heavy atom. The lowest BCUT2D eigenvalue weighted by Gasteiger charge is -2.62. The lowest BCUT2D eigenvalue weighted by molar-refractivity contribution is -0.139. The van der Waals surface area contributed by atoms with E-state index in [1.54, 1.807) is 7.11 Å². The van der Waals surface area contributed by atoms with Crippen molar-refractivity contribution < 1.29 is 14.3 Å². The highest BCUT2D eigenvalue weighted by atomic mass is 16.5. The van der Waals surface area contributed by atoms with Gasteiger partial charge in [0.1, 0.15) is 5.75 Å². The number of methoxy groups -OCH3 is 1. The van der Waals surface area contributed by atoms with Crippen molar-refractivity contribution in [1.82, 2.24) is 15.5 Å². The minimum atomic E-state index is -0.149. The number of likely N-dealkylation sites (N-methyl/N-ethyl adjacent to an activating group) is 1. The Hall–Kier alpha value is -4.04. The predicted octanol–water partition coefficient (Wildman–Crippen LogP) is 6.76. The van der Waals surface area contributed by atoms with Crippen LogP contribution in [0.15, 0.2) is 60.7 Å². The van der Waals surface area contributed by atoms with Crippen LogP contribution in [-0.4, -0.2) is 76.2 Å². The number of carbonyl (C=O) groups excluding carboxylic acids is 2. The van der Waals surface area contributed by atoms with E-state index in [2.05, 4.69) is 96.8 Å². The zero-order valence-corrected chi connectivity index (χ0v) is 31.7.